The molecule has 0 radical (unpaired) electrons. The van der Waals surface area contributed by atoms with Gasteiger partial charge in [-0.3, -0.25) is 15.0 Å². The minimum Gasteiger partial charge on any atom is -0.329 e. The summed E-state index contributed by atoms with van der Waals surface area (Å²) in [5.41, 5.74) is 6.92. The highest BCUT2D eigenvalue weighted by Gasteiger charge is 2.27. The van der Waals surface area contributed by atoms with Gasteiger partial charge in [0, 0.05) is 30.8 Å². The SMILES string of the molecule is CC1CCCN(CCc2ccccc2[N+](=O)[O-])C1CN. The van der Waals surface area contributed by atoms with E-state index in [1.807, 2.05) is 12.1 Å². The van der Waals surface area contributed by atoms with Gasteiger partial charge in [0.15, 0.2) is 0 Å². The van der Waals surface area contributed by atoms with E-state index in [4.69, 9.17) is 5.73 Å². The van der Waals surface area contributed by atoms with Crippen molar-refractivity contribution in [1.82, 2.24) is 4.90 Å². The van der Waals surface area contributed by atoms with Gasteiger partial charge in [0.1, 0.15) is 0 Å². The normalized spacial score (nSPS) is 23.7. The highest BCUT2D eigenvalue weighted by Crippen LogP contribution is 2.24. The quantitative estimate of drug-likeness (QED) is 0.661. The number of piperidine rings is 1. The van der Waals surface area contributed by atoms with E-state index in [-0.39, 0.29) is 10.6 Å². The van der Waals surface area contributed by atoms with Gasteiger partial charge in [-0.1, -0.05) is 25.1 Å². The molecular formula is C15H23N3O2. The third-order valence-corrected chi connectivity index (χ3v) is 4.33. The van der Waals surface area contributed by atoms with Gasteiger partial charge in [0.05, 0.1) is 4.92 Å². The molecule has 110 valence electrons. The third-order valence-electron chi connectivity index (χ3n) is 4.33. The summed E-state index contributed by atoms with van der Waals surface area (Å²) < 4.78 is 0. The molecule has 2 rings (SSSR count). The molecule has 2 unspecified atom stereocenters. The largest absolute Gasteiger partial charge is 0.329 e. The second-order valence-corrected chi connectivity index (χ2v) is 5.59. The number of rotatable bonds is 5. The van der Waals surface area contributed by atoms with Crippen LogP contribution in [0.15, 0.2) is 24.3 Å². The Labute approximate surface area is 119 Å². The molecule has 1 aromatic carbocycles. The molecule has 5 nitrogen and oxygen atoms in total. The van der Waals surface area contributed by atoms with Crippen LogP contribution in [0.2, 0.25) is 0 Å². The predicted octanol–water partition coefficient (Wildman–Crippen LogP) is 2.20. The summed E-state index contributed by atoms with van der Waals surface area (Å²) in [5.74, 6) is 0.611. The molecule has 2 N–H and O–H groups in total. The maximum absolute atomic E-state index is 11.0. The summed E-state index contributed by atoms with van der Waals surface area (Å²) in [5, 5.41) is 11.0. The summed E-state index contributed by atoms with van der Waals surface area (Å²) in [7, 11) is 0. The van der Waals surface area contributed by atoms with E-state index >= 15 is 0 Å². The van der Waals surface area contributed by atoms with Crippen LogP contribution < -0.4 is 5.73 Å². The lowest BCUT2D eigenvalue weighted by atomic mass is 9.90. The Kier molecular flexibility index (Phi) is 5.09. The zero-order chi connectivity index (χ0) is 14.5. The van der Waals surface area contributed by atoms with E-state index in [0.29, 0.717) is 24.9 Å². The van der Waals surface area contributed by atoms with Crippen molar-refractivity contribution in [2.45, 2.75) is 32.2 Å². The van der Waals surface area contributed by atoms with Crippen molar-refractivity contribution in [3.05, 3.63) is 39.9 Å². The van der Waals surface area contributed by atoms with E-state index in [9.17, 15) is 10.1 Å². The summed E-state index contributed by atoms with van der Waals surface area (Å²) >= 11 is 0. The lowest BCUT2D eigenvalue weighted by Gasteiger charge is -2.39. The van der Waals surface area contributed by atoms with Crippen LogP contribution in [0, 0.1) is 16.0 Å². The number of benzene rings is 1. The van der Waals surface area contributed by atoms with Gasteiger partial charge in [-0.05, 0) is 31.7 Å². The van der Waals surface area contributed by atoms with E-state index in [2.05, 4.69) is 11.8 Å². The van der Waals surface area contributed by atoms with Crippen molar-refractivity contribution < 1.29 is 4.92 Å². The van der Waals surface area contributed by atoms with Gasteiger partial charge in [-0.15, -0.1) is 0 Å². The summed E-state index contributed by atoms with van der Waals surface area (Å²) in [6, 6.07) is 7.42. The molecule has 0 saturated carbocycles. The number of nitrogens with zero attached hydrogens (tertiary/aromatic N) is 2. The molecular weight excluding hydrogens is 254 g/mol. The highest BCUT2D eigenvalue weighted by molar-refractivity contribution is 5.39. The molecule has 1 aromatic rings. The highest BCUT2D eigenvalue weighted by atomic mass is 16.6. The average molecular weight is 277 g/mol. The first kappa shape index (κ1) is 14.9. The second kappa shape index (κ2) is 6.81. The van der Waals surface area contributed by atoms with Gasteiger partial charge in [-0.25, -0.2) is 0 Å². The van der Waals surface area contributed by atoms with Gasteiger partial charge < -0.3 is 5.73 Å². The molecule has 0 aliphatic carbocycles. The Balaban J connectivity index is 2.03. The third kappa shape index (κ3) is 3.35. The lowest BCUT2D eigenvalue weighted by Crippen LogP contribution is -2.49. The molecule has 0 aromatic heterocycles. The molecule has 2 atom stereocenters. The van der Waals surface area contributed by atoms with Crippen LogP contribution in [-0.2, 0) is 6.42 Å². The lowest BCUT2D eigenvalue weighted by molar-refractivity contribution is -0.385. The molecule has 1 saturated heterocycles. The Hall–Kier alpha value is -1.46. The average Bonchev–Trinajstić information content (AvgIpc) is 2.45. The Morgan fingerprint density at radius 3 is 2.90 bits per heavy atom. The molecule has 0 spiro atoms. The zero-order valence-electron chi connectivity index (χ0n) is 12.0. The minimum absolute atomic E-state index is 0.224. The standard InChI is InChI=1S/C15H23N3O2/c1-12-5-4-9-17(15(12)11-16)10-8-13-6-2-3-7-14(13)18(19)20/h2-3,6-7,12,15H,4-5,8-11,16H2,1H3. The first-order valence-electron chi connectivity index (χ1n) is 7.30. The monoisotopic (exact) mass is 277 g/mol. The maximum Gasteiger partial charge on any atom is 0.272 e. The van der Waals surface area contributed by atoms with E-state index < -0.39 is 0 Å². The van der Waals surface area contributed by atoms with Gasteiger partial charge >= 0.3 is 0 Å². The smallest absolute Gasteiger partial charge is 0.272 e. The topological polar surface area (TPSA) is 72.4 Å². The fraction of sp³-hybridized carbons (Fsp3) is 0.600. The summed E-state index contributed by atoms with van der Waals surface area (Å²) in [4.78, 5) is 13.1. The van der Waals surface area contributed by atoms with Gasteiger partial charge in [0.25, 0.3) is 5.69 Å². The van der Waals surface area contributed by atoms with Crippen LogP contribution in [0.25, 0.3) is 0 Å². The predicted molar refractivity (Wildman–Crippen MR) is 79.6 cm³/mol. The molecule has 5 heteroatoms. The summed E-state index contributed by atoms with van der Waals surface area (Å²) in [6.07, 6.45) is 3.12. The first-order valence-corrected chi connectivity index (χ1v) is 7.30. The van der Waals surface area contributed by atoms with E-state index in [1.165, 1.54) is 12.8 Å². The number of hydrogen-bond acceptors (Lipinski definition) is 4. The van der Waals surface area contributed by atoms with Crippen LogP contribution in [0.4, 0.5) is 5.69 Å². The van der Waals surface area contributed by atoms with Crippen LogP contribution in [-0.4, -0.2) is 35.5 Å². The molecule has 1 heterocycles. The number of likely N-dealkylation sites (tertiary alicyclic amines) is 1. The van der Waals surface area contributed by atoms with Crippen molar-refractivity contribution >= 4 is 5.69 Å². The van der Waals surface area contributed by atoms with Crippen LogP contribution in [0.3, 0.4) is 0 Å². The van der Waals surface area contributed by atoms with Gasteiger partial charge in [-0.2, -0.15) is 0 Å². The van der Waals surface area contributed by atoms with Crippen LogP contribution in [0.5, 0.6) is 0 Å². The Morgan fingerprint density at radius 2 is 2.20 bits per heavy atom. The van der Waals surface area contributed by atoms with E-state index in [0.717, 1.165) is 18.7 Å². The van der Waals surface area contributed by atoms with Crippen molar-refractivity contribution in [1.29, 1.82) is 0 Å². The fourth-order valence-electron chi connectivity index (χ4n) is 3.16. The minimum atomic E-state index is -0.297. The van der Waals surface area contributed by atoms with Crippen molar-refractivity contribution in [2.75, 3.05) is 19.6 Å². The molecule has 0 bridgehead atoms. The van der Waals surface area contributed by atoms with Crippen molar-refractivity contribution in [3.8, 4) is 0 Å². The number of nitrogens with two attached hydrogens (primary N) is 1. The molecule has 1 aliphatic rings. The molecule has 0 amide bonds. The Morgan fingerprint density at radius 1 is 1.45 bits per heavy atom. The fourth-order valence-corrected chi connectivity index (χ4v) is 3.16. The van der Waals surface area contributed by atoms with Gasteiger partial charge in [0.2, 0.25) is 0 Å². The second-order valence-electron chi connectivity index (χ2n) is 5.59. The van der Waals surface area contributed by atoms with Crippen LogP contribution >= 0.6 is 0 Å². The zero-order valence-corrected chi connectivity index (χ0v) is 12.0. The van der Waals surface area contributed by atoms with Crippen LogP contribution in [0.1, 0.15) is 25.3 Å². The van der Waals surface area contributed by atoms with Crippen molar-refractivity contribution in [2.24, 2.45) is 11.7 Å². The van der Waals surface area contributed by atoms with E-state index in [1.54, 1.807) is 12.1 Å². The molecule has 1 fully saturated rings. The van der Waals surface area contributed by atoms with Crippen molar-refractivity contribution in [3.63, 3.8) is 0 Å². The number of para-hydroxylation sites is 1. The molecule has 20 heavy (non-hydrogen) atoms. The number of nitro groups is 1. The Bertz CT molecular complexity index is 464. The maximum atomic E-state index is 11.0. The number of nitro benzene ring substituents is 1. The number of hydrogen-bond donors (Lipinski definition) is 1. The molecule has 1 aliphatic heterocycles. The summed E-state index contributed by atoms with van der Waals surface area (Å²) in [6.45, 7) is 4.80. The first-order chi connectivity index (χ1) is 9.63.